The molecule has 5 nitrogen and oxygen atoms in total. The predicted molar refractivity (Wildman–Crippen MR) is 109 cm³/mol. The van der Waals surface area contributed by atoms with Gasteiger partial charge in [-0.2, -0.15) is 0 Å². The molecule has 0 radical (unpaired) electrons. The highest BCUT2D eigenvalue weighted by Gasteiger charge is 2.30. The minimum absolute atomic E-state index is 0.0811. The highest BCUT2D eigenvalue weighted by molar-refractivity contribution is 14.1. The van der Waals surface area contributed by atoms with E-state index in [9.17, 15) is 4.79 Å². The van der Waals surface area contributed by atoms with Gasteiger partial charge < -0.3 is 10.1 Å². The predicted octanol–water partition coefficient (Wildman–Crippen LogP) is 2.80. The molecule has 2 fully saturated rings. The fourth-order valence-corrected chi connectivity index (χ4v) is 4.54. The van der Waals surface area contributed by atoms with E-state index in [4.69, 9.17) is 4.74 Å². The van der Waals surface area contributed by atoms with E-state index < -0.39 is 0 Å². The molecule has 0 aliphatic carbocycles. The highest BCUT2D eigenvalue weighted by atomic mass is 127. The first-order valence-electron chi connectivity index (χ1n) is 9.17. The van der Waals surface area contributed by atoms with Crippen molar-refractivity contribution < 1.29 is 9.53 Å². The van der Waals surface area contributed by atoms with Crippen LogP contribution in [-0.2, 0) is 9.53 Å². The van der Waals surface area contributed by atoms with Gasteiger partial charge in [-0.1, -0.05) is 6.07 Å². The minimum atomic E-state index is 0.0811. The lowest BCUT2D eigenvalue weighted by atomic mass is 10.1. The number of benzene rings is 1. The van der Waals surface area contributed by atoms with Crippen LogP contribution in [0, 0.1) is 3.57 Å². The van der Waals surface area contributed by atoms with Gasteiger partial charge in [-0.25, -0.2) is 0 Å². The molecule has 1 aromatic carbocycles. The van der Waals surface area contributed by atoms with Crippen LogP contribution in [0.15, 0.2) is 24.3 Å². The molecule has 3 rings (SSSR count). The minimum Gasteiger partial charge on any atom is -0.373 e. The zero-order valence-corrected chi connectivity index (χ0v) is 17.2. The third-order valence-corrected chi connectivity index (χ3v) is 5.59. The third kappa shape index (κ3) is 5.64. The van der Waals surface area contributed by atoms with Crippen LogP contribution in [0.5, 0.6) is 0 Å². The maximum absolute atomic E-state index is 12.4. The van der Waals surface area contributed by atoms with Gasteiger partial charge in [0.05, 0.1) is 18.8 Å². The second-order valence-electron chi connectivity index (χ2n) is 7.30. The zero-order valence-electron chi connectivity index (χ0n) is 15.1. The SMILES string of the molecule is CC1CN(CC2CCCN2CC(=O)Nc2cccc(I)c2)CC(C)O1. The number of nitrogens with zero attached hydrogens (tertiary/aromatic N) is 2. The molecule has 1 amide bonds. The number of carbonyl (C=O) groups is 1. The van der Waals surface area contributed by atoms with Crippen LogP contribution in [0.2, 0.25) is 0 Å². The summed E-state index contributed by atoms with van der Waals surface area (Å²) in [7, 11) is 0. The highest BCUT2D eigenvalue weighted by Crippen LogP contribution is 2.21. The molecule has 2 aliphatic heterocycles. The molecule has 0 aromatic heterocycles. The molecule has 25 heavy (non-hydrogen) atoms. The van der Waals surface area contributed by atoms with Gasteiger partial charge in [-0.05, 0) is 74.0 Å². The molecule has 138 valence electrons. The normalized spacial score (nSPS) is 28.2. The Bertz CT molecular complexity index is 588. The Labute approximate surface area is 164 Å². The largest absolute Gasteiger partial charge is 0.373 e. The molecule has 2 heterocycles. The van der Waals surface area contributed by atoms with E-state index in [1.54, 1.807) is 0 Å². The van der Waals surface area contributed by atoms with Crippen molar-refractivity contribution in [3.8, 4) is 0 Å². The second-order valence-corrected chi connectivity index (χ2v) is 8.55. The standard InChI is InChI=1S/C19H28IN3O2/c1-14-10-22(11-15(2)25-14)12-18-7-4-8-23(18)13-19(24)21-17-6-3-5-16(20)9-17/h3,5-6,9,14-15,18H,4,7-8,10-13H2,1-2H3,(H,21,24). The maximum Gasteiger partial charge on any atom is 0.238 e. The lowest BCUT2D eigenvalue weighted by Gasteiger charge is -2.38. The number of hydrogen-bond acceptors (Lipinski definition) is 4. The number of likely N-dealkylation sites (tertiary alicyclic amines) is 1. The summed E-state index contributed by atoms with van der Waals surface area (Å²) in [6, 6.07) is 8.40. The van der Waals surface area contributed by atoms with Crippen molar-refractivity contribution in [1.29, 1.82) is 0 Å². The van der Waals surface area contributed by atoms with Gasteiger partial charge in [-0.3, -0.25) is 14.6 Å². The first-order valence-corrected chi connectivity index (χ1v) is 10.2. The van der Waals surface area contributed by atoms with Crippen molar-refractivity contribution >= 4 is 34.2 Å². The monoisotopic (exact) mass is 457 g/mol. The van der Waals surface area contributed by atoms with Crippen molar-refractivity contribution in [1.82, 2.24) is 9.80 Å². The summed E-state index contributed by atoms with van der Waals surface area (Å²) in [6.07, 6.45) is 2.94. The summed E-state index contributed by atoms with van der Waals surface area (Å²) in [5.41, 5.74) is 0.878. The van der Waals surface area contributed by atoms with E-state index in [1.165, 1.54) is 12.8 Å². The summed E-state index contributed by atoms with van der Waals surface area (Å²) in [4.78, 5) is 17.3. The van der Waals surface area contributed by atoms with Crippen molar-refractivity contribution in [3.05, 3.63) is 27.8 Å². The average Bonchev–Trinajstić information content (AvgIpc) is 2.93. The van der Waals surface area contributed by atoms with E-state index in [1.807, 2.05) is 24.3 Å². The summed E-state index contributed by atoms with van der Waals surface area (Å²) >= 11 is 2.26. The number of hydrogen-bond donors (Lipinski definition) is 1. The molecule has 0 saturated carbocycles. The van der Waals surface area contributed by atoms with Crippen molar-refractivity contribution in [3.63, 3.8) is 0 Å². The lowest BCUT2D eigenvalue weighted by Crippen LogP contribution is -2.50. The topological polar surface area (TPSA) is 44.8 Å². The van der Waals surface area contributed by atoms with E-state index >= 15 is 0 Å². The Balaban J connectivity index is 1.52. The van der Waals surface area contributed by atoms with Gasteiger partial charge >= 0.3 is 0 Å². The molecule has 2 saturated heterocycles. The first-order chi connectivity index (χ1) is 12.0. The molecule has 3 atom stereocenters. The van der Waals surface area contributed by atoms with E-state index in [2.05, 4.69) is 51.6 Å². The van der Waals surface area contributed by atoms with Gasteiger partial charge in [0.15, 0.2) is 0 Å². The Morgan fingerprint density at radius 1 is 1.32 bits per heavy atom. The number of carbonyl (C=O) groups excluding carboxylic acids is 1. The van der Waals surface area contributed by atoms with Crippen LogP contribution < -0.4 is 5.32 Å². The fraction of sp³-hybridized carbons (Fsp3) is 0.632. The van der Waals surface area contributed by atoms with E-state index in [-0.39, 0.29) is 5.91 Å². The first kappa shape index (κ1) is 19.1. The van der Waals surface area contributed by atoms with Crippen molar-refractivity contribution in [2.45, 2.75) is 44.9 Å². The Morgan fingerprint density at radius 3 is 2.80 bits per heavy atom. The molecular weight excluding hydrogens is 429 g/mol. The zero-order chi connectivity index (χ0) is 17.8. The summed E-state index contributed by atoms with van der Waals surface area (Å²) in [6.45, 7) is 8.79. The number of rotatable bonds is 5. The van der Waals surface area contributed by atoms with Gasteiger partial charge in [-0.15, -0.1) is 0 Å². The van der Waals surface area contributed by atoms with Crippen LogP contribution in [0.25, 0.3) is 0 Å². The summed E-state index contributed by atoms with van der Waals surface area (Å²) < 4.78 is 6.96. The summed E-state index contributed by atoms with van der Waals surface area (Å²) in [5.74, 6) is 0.0811. The van der Waals surface area contributed by atoms with Crippen LogP contribution in [0.3, 0.4) is 0 Å². The number of ether oxygens (including phenoxy) is 1. The number of anilines is 1. The number of amides is 1. The fourth-order valence-electron chi connectivity index (χ4n) is 3.99. The van der Waals surface area contributed by atoms with Crippen molar-refractivity contribution in [2.75, 3.05) is 38.0 Å². The van der Waals surface area contributed by atoms with Gasteiger partial charge in [0.25, 0.3) is 0 Å². The second kappa shape index (κ2) is 8.79. The van der Waals surface area contributed by atoms with Crippen molar-refractivity contribution in [2.24, 2.45) is 0 Å². The molecule has 1 N–H and O–H groups in total. The average molecular weight is 457 g/mol. The van der Waals surface area contributed by atoms with Crippen LogP contribution in [-0.4, -0.2) is 66.7 Å². The lowest BCUT2D eigenvalue weighted by molar-refractivity contribution is -0.117. The summed E-state index contributed by atoms with van der Waals surface area (Å²) in [5, 5.41) is 3.03. The van der Waals surface area contributed by atoms with Gasteiger partial charge in [0.1, 0.15) is 0 Å². The Kier molecular flexibility index (Phi) is 6.71. The third-order valence-electron chi connectivity index (χ3n) is 4.92. The van der Waals surface area contributed by atoms with E-state index in [0.717, 1.165) is 35.4 Å². The molecular formula is C19H28IN3O2. The molecule has 1 aromatic rings. The van der Waals surface area contributed by atoms with Crippen LogP contribution >= 0.6 is 22.6 Å². The van der Waals surface area contributed by atoms with Crippen LogP contribution in [0.1, 0.15) is 26.7 Å². The molecule has 0 bridgehead atoms. The molecule has 0 spiro atoms. The number of morpholine rings is 1. The van der Waals surface area contributed by atoms with Crippen LogP contribution in [0.4, 0.5) is 5.69 Å². The Morgan fingerprint density at radius 2 is 2.08 bits per heavy atom. The number of nitrogens with one attached hydrogen (secondary N) is 1. The molecule has 6 heteroatoms. The molecule has 3 unspecified atom stereocenters. The Hall–Kier alpha value is -0.700. The molecule has 2 aliphatic rings. The number of halogens is 1. The van der Waals surface area contributed by atoms with E-state index in [0.29, 0.717) is 24.8 Å². The van der Waals surface area contributed by atoms with Gasteiger partial charge in [0.2, 0.25) is 5.91 Å². The maximum atomic E-state index is 12.4. The smallest absolute Gasteiger partial charge is 0.238 e. The quantitative estimate of drug-likeness (QED) is 0.691. The van der Waals surface area contributed by atoms with Gasteiger partial charge in [0, 0.05) is 34.9 Å².